The van der Waals surface area contributed by atoms with Gasteiger partial charge in [0.15, 0.2) is 9.84 Å². The fourth-order valence-corrected chi connectivity index (χ4v) is 3.72. The van der Waals surface area contributed by atoms with E-state index in [4.69, 9.17) is 0 Å². The summed E-state index contributed by atoms with van der Waals surface area (Å²) < 4.78 is 24.9. The number of aromatic nitrogens is 2. The lowest BCUT2D eigenvalue weighted by molar-refractivity contribution is 0.0584. The molecule has 2 aromatic rings. The van der Waals surface area contributed by atoms with Crippen molar-refractivity contribution >= 4 is 15.7 Å². The predicted octanol–water partition coefficient (Wildman–Crippen LogP) is 1.98. The normalized spacial score (nSPS) is 18.5. The Morgan fingerprint density at radius 1 is 1.25 bits per heavy atom. The standard InChI is InChI=1S/C17H21N3O3S/c1-24(22,23)16-8-6-14(7-9-16)17(21)20-12-3-2-5-15(20)13-19-11-4-10-18-19/h4,6-11,15H,2-3,5,12-13H2,1H3. The molecule has 1 fully saturated rings. The summed E-state index contributed by atoms with van der Waals surface area (Å²) in [6, 6.07) is 8.17. The number of carbonyl (C=O) groups is 1. The highest BCUT2D eigenvalue weighted by molar-refractivity contribution is 7.90. The van der Waals surface area contributed by atoms with E-state index in [0.717, 1.165) is 32.1 Å². The molecule has 0 N–H and O–H groups in total. The monoisotopic (exact) mass is 347 g/mol. The largest absolute Gasteiger partial charge is 0.334 e. The average Bonchev–Trinajstić information content (AvgIpc) is 3.07. The highest BCUT2D eigenvalue weighted by atomic mass is 32.2. The summed E-state index contributed by atoms with van der Waals surface area (Å²) in [5.41, 5.74) is 0.523. The molecule has 128 valence electrons. The number of amides is 1. The van der Waals surface area contributed by atoms with E-state index < -0.39 is 9.84 Å². The number of carbonyl (C=O) groups excluding carboxylic acids is 1. The Hall–Kier alpha value is -2.15. The van der Waals surface area contributed by atoms with E-state index in [2.05, 4.69) is 5.10 Å². The van der Waals surface area contributed by atoms with E-state index in [-0.39, 0.29) is 16.8 Å². The van der Waals surface area contributed by atoms with Crippen LogP contribution in [0.25, 0.3) is 0 Å². The van der Waals surface area contributed by atoms with Gasteiger partial charge in [0.2, 0.25) is 0 Å². The van der Waals surface area contributed by atoms with Crippen LogP contribution in [-0.4, -0.2) is 47.8 Å². The minimum Gasteiger partial charge on any atom is -0.334 e. The summed E-state index contributed by atoms with van der Waals surface area (Å²) >= 11 is 0. The second kappa shape index (κ2) is 6.76. The van der Waals surface area contributed by atoms with Crippen LogP contribution in [0.2, 0.25) is 0 Å². The minimum absolute atomic E-state index is 0.0492. The first-order chi connectivity index (χ1) is 11.4. The van der Waals surface area contributed by atoms with Crippen molar-refractivity contribution in [3.8, 4) is 0 Å². The van der Waals surface area contributed by atoms with Crippen molar-refractivity contribution in [3.63, 3.8) is 0 Å². The van der Waals surface area contributed by atoms with Crippen molar-refractivity contribution < 1.29 is 13.2 Å². The number of nitrogens with zero attached hydrogens (tertiary/aromatic N) is 3. The van der Waals surface area contributed by atoms with Crippen molar-refractivity contribution in [2.75, 3.05) is 12.8 Å². The number of likely N-dealkylation sites (tertiary alicyclic amines) is 1. The number of hydrogen-bond donors (Lipinski definition) is 0. The molecule has 1 aromatic heterocycles. The lowest BCUT2D eigenvalue weighted by Gasteiger charge is -2.35. The highest BCUT2D eigenvalue weighted by Gasteiger charge is 2.28. The van der Waals surface area contributed by atoms with Gasteiger partial charge in [-0.15, -0.1) is 0 Å². The van der Waals surface area contributed by atoms with Crippen LogP contribution in [0.3, 0.4) is 0 Å². The van der Waals surface area contributed by atoms with Gasteiger partial charge in [-0.2, -0.15) is 5.10 Å². The van der Waals surface area contributed by atoms with E-state index in [0.29, 0.717) is 12.1 Å². The highest BCUT2D eigenvalue weighted by Crippen LogP contribution is 2.21. The molecule has 1 amide bonds. The predicted molar refractivity (Wildman–Crippen MR) is 90.5 cm³/mol. The van der Waals surface area contributed by atoms with Crippen molar-refractivity contribution in [2.45, 2.75) is 36.7 Å². The molecular formula is C17H21N3O3S. The van der Waals surface area contributed by atoms with Crippen LogP contribution in [-0.2, 0) is 16.4 Å². The Morgan fingerprint density at radius 3 is 2.62 bits per heavy atom. The van der Waals surface area contributed by atoms with Gasteiger partial charge in [-0.3, -0.25) is 9.48 Å². The molecule has 1 aliphatic heterocycles. The van der Waals surface area contributed by atoms with Gasteiger partial charge < -0.3 is 4.90 Å². The second-order valence-electron chi connectivity index (χ2n) is 6.17. The SMILES string of the molecule is CS(=O)(=O)c1ccc(C(=O)N2CCCCC2Cn2cccn2)cc1. The number of piperidine rings is 1. The zero-order valence-electron chi connectivity index (χ0n) is 13.6. The van der Waals surface area contributed by atoms with Crippen LogP contribution in [0.4, 0.5) is 0 Å². The van der Waals surface area contributed by atoms with Gasteiger partial charge in [-0.1, -0.05) is 0 Å². The lowest BCUT2D eigenvalue weighted by atomic mass is 10.0. The van der Waals surface area contributed by atoms with Crippen LogP contribution in [0.15, 0.2) is 47.6 Å². The van der Waals surface area contributed by atoms with Gasteiger partial charge in [0.05, 0.1) is 17.5 Å². The van der Waals surface area contributed by atoms with E-state index in [1.807, 2.05) is 21.8 Å². The first-order valence-electron chi connectivity index (χ1n) is 8.04. The number of sulfone groups is 1. The maximum Gasteiger partial charge on any atom is 0.254 e. The van der Waals surface area contributed by atoms with Crippen LogP contribution in [0.1, 0.15) is 29.6 Å². The van der Waals surface area contributed by atoms with Crippen molar-refractivity contribution in [2.24, 2.45) is 0 Å². The minimum atomic E-state index is -3.25. The molecule has 0 saturated carbocycles. The molecule has 0 aliphatic carbocycles. The molecule has 1 aliphatic rings. The van der Waals surface area contributed by atoms with E-state index in [1.165, 1.54) is 12.1 Å². The zero-order chi connectivity index (χ0) is 17.2. The average molecular weight is 347 g/mol. The number of benzene rings is 1. The molecular weight excluding hydrogens is 326 g/mol. The molecule has 7 heteroatoms. The summed E-state index contributed by atoms with van der Waals surface area (Å²) in [5.74, 6) is -0.0492. The van der Waals surface area contributed by atoms with Gasteiger partial charge in [-0.25, -0.2) is 8.42 Å². The fourth-order valence-electron chi connectivity index (χ4n) is 3.09. The maximum absolute atomic E-state index is 12.8. The third-order valence-electron chi connectivity index (χ3n) is 4.37. The molecule has 24 heavy (non-hydrogen) atoms. The molecule has 0 spiro atoms. The Labute approximate surface area is 142 Å². The van der Waals surface area contributed by atoms with E-state index in [9.17, 15) is 13.2 Å². The van der Waals surface area contributed by atoms with Crippen LogP contribution in [0.5, 0.6) is 0 Å². The molecule has 2 heterocycles. The van der Waals surface area contributed by atoms with Crippen molar-refractivity contribution in [1.29, 1.82) is 0 Å². The Balaban J connectivity index is 1.78. The fraction of sp³-hybridized carbons (Fsp3) is 0.412. The number of hydrogen-bond acceptors (Lipinski definition) is 4. The molecule has 3 rings (SSSR count). The molecule has 1 saturated heterocycles. The molecule has 1 aromatic carbocycles. The van der Waals surface area contributed by atoms with Crippen molar-refractivity contribution in [1.82, 2.24) is 14.7 Å². The maximum atomic E-state index is 12.8. The van der Waals surface area contributed by atoms with Gasteiger partial charge in [0, 0.05) is 30.8 Å². The molecule has 1 unspecified atom stereocenters. The zero-order valence-corrected chi connectivity index (χ0v) is 14.4. The van der Waals surface area contributed by atoms with Crippen LogP contribution in [0, 0.1) is 0 Å². The van der Waals surface area contributed by atoms with Gasteiger partial charge in [-0.05, 0) is 49.6 Å². The smallest absolute Gasteiger partial charge is 0.254 e. The van der Waals surface area contributed by atoms with E-state index in [1.54, 1.807) is 18.3 Å². The first kappa shape index (κ1) is 16.7. The summed E-state index contributed by atoms with van der Waals surface area (Å²) in [7, 11) is -3.25. The summed E-state index contributed by atoms with van der Waals surface area (Å²) in [4.78, 5) is 15.0. The van der Waals surface area contributed by atoms with Crippen LogP contribution < -0.4 is 0 Å². The molecule has 1 atom stereocenters. The van der Waals surface area contributed by atoms with E-state index >= 15 is 0 Å². The van der Waals surface area contributed by atoms with Crippen molar-refractivity contribution in [3.05, 3.63) is 48.3 Å². The third-order valence-corrected chi connectivity index (χ3v) is 5.50. The Morgan fingerprint density at radius 2 is 2.00 bits per heavy atom. The van der Waals surface area contributed by atoms with Gasteiger partial charge in [0.1, 0.15) is 0 Å². The molecule has 0 bridgehead atoms. The Bertz CT molecular complexity index is 798. The summed E-state index contributed by atoms with van der Waals surface area (Å²) in [5, 5.41) is 4.23. The lowest BCUT2D eigenvalue weighted by Crippen LogP contribution is -2.45. The second-order valence-corrected chi connectivity index (χ2v) is 8.19. The quantitative estimate of drug-likeness (QED) is 0.848. The topological polar surface area (TPSA) is 72.3 Å². The third kappa shape index (κ3) is 3.67. The Kier molecular flexibility index (Phi) is 4.71. The van der Waals surface area contributed by atoms with Gasteiger partial charge in [0.25, 0.3) is 5.91 Å². The van der Waals surface area contributed by atoms with Gasteiger partial charge >= 0.3 is 0 Å². The van der Waals surface area contributed by atoms with Crippen LogP contribution >= 0.6 is 0 Å². The first-order valence-corrected chi connectivity index (χ1v) is 9.93. The summed E-state index contributed by atoms with van der Waals surface area (Å²) in [6.07, 6.45) is 7.84. The molecule has 0 radical (unpaired) electrons. The molecule has 6 nitrogen and oxygen atoms in total. The summed E-state index contributed by atoms with van der Waals surface area (Å²) in [6.45, 7) is 1.40. The number of rotatable bonds is 4.